The minimum Gasteiger partial charge on any atom is -0.351 e. The smallest absolute Gasteiger partial charge is 0.257 e. The average Bonchev–Trinajstić information content (AvgIpc) is 3.09. The second-order valence-corrected chi connectivity index (χ2v) is 8.14. The number of carbonyl (C=O) groups is 2. The van der Waals surface area contributed by atoms with Gasteiger partial charge in [0.1, 0.15) is 6.17 Å². The fraction of sp³-hybridized carbons (Fsp3) is 0.429. The van der Waals surface area contributed by atoms with Gasteiger partial charge in [0, 0.05) is 23.5 Å². The normalized spacial score (nSPS) is 19.3. The third-order valence-electron chi connectivity index (χ3n) is 5.49. The number of carbonyl (C=O) groups excluding carboxylic acids is 2. The molecule has 0 spiro atoms. The first-order valence-electron chi connectivity index (χ1n) is 9.71. The number of hydrogen-bond acceptors (Lipinski definition) is 4. The summed E-state index contributed by atoms with van der Waals surface area (Å²) in [4.78, 5) is 31.1. The molecule has 1 fully saturated rings. The highest BCUT2D eigenvalue weighted by atomic mass is 32.1. The van der Waals surface area contributed by atoms with Crippen LogP contribution in [0, 0.1) is 0 Å². The molecule has 4 rings (SSSR count). The van der Waals surface area contributed by atoms with Gasteiger partial charge < -0.3 is 15.1 Å². The maximum Gasteiger partial charge on any atom is 0.257 e. The third-order valence-corrected chi connectivity index (χ3v) is 6.36. The van der Waals surface area contributed by atoms with Gasteiger partial charge in [-0.05, 0) is 55.8 Å². The van der Waals surface area contributed by atoms with Gasteiger partial charge in [-0.25, -0.2) is 0 Å². The van der Waals surface area contributed by atoms with Crippen molar-refractivity contribution >= 4 is 28.8 Å². The molecule has 5 nitrogen and oxygen atoms in total. The van der Waals surface area contributed by atoms with Crippen LogP contribution in [0.2, 0.25) is 0 Å². The number of nitrogens with zero attached hydrogens (tertiary/aromatic N) is 2. The zero-order chi connectivity index (χ0) is 18.8. The van der Waals surface area contributed by atoms with E-state index in [0.29, 0.717) is 17.7 Å². The van der Waals surface area contributed by atoms with Crippen molar-refractivity contribution in [3.8, 4) is 0 Å². The van der Waals surface area contributed by atoms with Gasteiger partial charge in [-0.15, -0.1) is 11.3 Å². The van der Waals surface area contributed by atoms with Gasteiger partial charge in [-0.3, -0.25) is 9.59 Å². The SMILES string of the molecule is CCN1c2cc(C(=O)NCc3cccs3)ccc2C(=O)N2CCCCC[C@@H]21. The Morgan fingerprint density at radius 1 is 1.26 bits per heavy atom. The number of anilines is 1. The molecule has 0 bridgehead atoms. The van der Waals surface area contributed by atoms with E-state index in [9.17, 15) is 9.59 Å². The predicted octanol–water partition coefficient (Wildman–Crippen LogP) is 3.86. The van der Waals surface area contributed by atoms with Crippen LogP contribution < -0.4 is 10.2 Å². The van der Waals surface area contributed by atoms with Crippen molar-refractivity contribution in [1.82, 2.24) is 10.2 Å². The molecule has 0 radical (unpaired) electrons. The van der Waals surface area contributed by atoms with E-state index in [1.165, 1.54) is 6.42 Å². The molecule has 3 heterocycles. The summed E-state index contributed by atoms with van der Waals surface area (Å²) in [6.07, 6.45) is 4.49. The first-order valence-corrected chi connectivity index (χ1v) is 10.6. The molecule has 6 heteroatoms. The molecule has 1 aromatic heterocycles. The van der Waals surface area contributed by atoms with E-state index in [2.05, 4.69) is 17.1 Å². The van der Waals surface area contributed by atoms with Crippen molar-refractivity contribution in [2.24, 2.45) is 0 Å². The molecule has 142 valence electrons. The lowest BCUT2D eigenvalue weighted by Gasteiger charge is -2.44. The number of fused-ring (bicyclic) bond motifs is 2. The summed E-state index contributed by atoms with van der Waals surface area (Å²) >= 11 is 1.63. The molecular formula is C21H25N3O2S. The van der Waals surface area contributed by atoms with E-state index in [1.807, 2.05) is 34.5 Å². The number of rotatable bonds is 4. The third kappa shape index (κ3) is 3.46. The van der Waals surface area contributed by atoms with E-state index >= 15 is 0 Å². The van der Waals surface area contributed by atoms with Crippen LogP contribution in [0.1, 0.15) is 58.2 Å². The van der Waals surface area contributed by atoms with Gasteiger partial charge in [-0.1, -0.05) is 12.5 Å². The number of thiophene rings is 1. The zero-order valence-corrected chi connectivity index (χ0v) is 16.4. The molecule has 1 saturated heterocycles. The molecule has 0 unspecified atom stereocenters. The Kier molecular flexibility index (Phi) is 5.16. The van der Waals surface area contributed by atoms with E-state index < -0.39 is 0 Å². The number of hydrogen-bond donors (Lipinski definition) is 1. The van der Waals surface area contributed by atoms with E-state index in [1.54, 1.807) is 17.4 Å². The summed E-state index contributed by atoms with van der Waals surface area (Å²) in [6, 6.07) is 9.47. The van der Waals surface area contributed by atoms with Crippen molar-refractivity contribution in [2.45, 2.75) is 45.3 Å². The summed E-state index contributed by atoms with van der Waals surface area (Å²) in [5.41, 5.74) is 2.22. The molecule has 2 amide bonds. The predicted molar refractivity (Wildman–Crippen MR) is 108 cm³/mol. The Morgan fingerprint density at radius 2 is 2.15 bits per heavy atom. The maximum atomic E-state index is 13.0. The Bertz CT molecular complexity index is 834. The van der Waals surface area contributed by atoms with Crippen LogP contribution in [0.3, 0.4) is 0 Å². The van der Waals surface area contributed by atoms with Crippen LogP contribution in [-0.4, -0.2) is 36.0 Å². The average molecular weight is 384 g/mol. The minimum atomic E-state index is -0.0991. The van der Waals surface area contributed by atoms with Gasteiger partial charge in [0.05, 0.1) is 17.8 Å². The number of amides is 2. The highest BCUT2D eigenvalue weighted by Gasteiger charge is 2.37. The van der Waals surface area contributed by atoms with Crippen molar-refractivity contribution in [3.63, 3.8) is 0 Å². The topological polar surface area (TPSA) is 52.7 Å². The first kappa shape index (κ1) is 18.0. The van der Waals surface area contributed by atoms with Gasteiger partial charge in [0.15, 0.2) is 0 Å². The standard InChI is InChI=1S/C21H25N3O2S/c1-2-23-18-13-15(20(25)22-14-16-7-6-12-27-16)9-10-17(18)21(26)24-11-5-3-4-8-19(23)24/h6-7,9-10,12-13,19H,2-5,8,11,14H2,1H3,(H,22,25)/t19-/m1/s1. The highest BCUT2D eigenvalue weighted by Crippen LogP contribution is 2.35. The van der Waals surface area contributed by atoms with Crippen molar-refractivity contribution < 1.29 is 9.59 Å². The fourth-order valence-electron chi connectivity index (χ4n) is 4.12. The zero-order valence-electron chi connectivity index (χ0n) is 15.6. The van der Waals surface area contributed by atoms with Gasteiger partial charge in [-0.2, -0.15) is 0 Å². The van der Waals surface area contributed by atoms with Crippen molar-refractivity contribution in [1.29, 1.82) is 0 Å². The molecule has 1 N–H and O–H groups in total. The highest BCUT2D eigenvalue weighted by molar-refractivity contribution is 7.09. The van der Waals surface area contributed by atoms with Gasteiger partial charge >= 0.3 is 0 Å². The summed E-state index contributed by atoms with van der Waals surface area (Å²) in [7, 11) is 0. The lowest BCUT2D eigenvalue weighted by Crippen LogP contribution is -2.55. The lowest BCUT2D eigenvalue weighted by molar-refractivity contribution is 0.0656. The molecule has 0 saturated carbocycles. The van der Waals surface area contributed by atoms with E-state index in [-0.39, 0.29) is 18.0 Å². The Labute approximate surface area is 164 Å². The fourth-order valence-corrected chi connectivity index (χ4v) is 4.77. The van der Waals surface area contributed by atoms with E-state index in [0.717, 1.165) is 42.9 Å². The molecule has 27 heavy (non-hydrogen) atoms. The Morgan fingerprint density at radius 3 is 2.93 bits per heavy atom. The second-order valence-electron chi connectivity index (χ2n) is 7.11. The summed E-state index contributed by atoms with van der Waals surface area (Å²) < 4.78 is 0. The lowest BCUT2D eigenvalue weighted by atomic mass is 10.0. The first-order chi connectivity index (χ1) is 13.2. The van der Waals surface area contributed by atoms with E-state index in [4.69, 9.17) is 0 Å². The maximum absolute atomic E-state index is 13.0. The van der Waals surface area contributed by atoms with Crippen molar-refractivity contribution in [3.05, 3.63) is 51.7 Å². The van der Waals surface area contributed by atoms with Gasteiger partial charge in [0.25, 0.3) is 11.8 Å². The quantitative estimate of drug-likeness (QED) is 0.872. The van der Waals surface area contributed by atoms with Crippen LogP contribution in [0.5, 0.6) is 0 Å². The van der Waals surface area contributed by atoms with Crippen LogP contribution in [0.25, 0.3) is 0 Å². The molecule has 1 aromatic carbocycles. The monoisotopic (exact) mass is 383 g/mol. The molecule has 0 aliphatic carbocycles. The van der Waals surface area contributed by atoms with Crippen LogP contribution in [0.4, 0.5) is 5.69 Å². The van der Waals surface area contributed by atoms with Crippen LogP contribution >= 0.6 is 11.3 Å². The molecule has 2 aliphatic rings. The Balaban J connectivity index is 1.61. The molecular weight excluding hydrogens is 358 g/mol. The summed E-state index contributed by atoms with van der Waals surface area (Å²) in [5, 5.41) is 4.98. The minimum absolute atomic E-state index is 0.0991. The molecule has 2 aromatic rings. The molecule has 1 atom stereocenters. The van der Waals surface area contributed by atoms with Gasteiger partial charge in [0.2, 0.25) is 0 Å². The summed E-state index contributed by atoms with van der Waals surface area (Å²) in [6.45, 7) is 4.29. The number of nitrogens with one attached hydrogen (secondary N) is 1. The van der Waals surface area contributed by atoms with Crippen molar-refractivity contribution in [2.75, 3.05) is 18.0 Å². The number of benzene rings is 1. The second kappa shape index (κ2) is 7.72. The molecule has 2 aliphatic heterocycles. The van der Waals surface area contributed by atoms with Crippen LogP contribution in [0.15, 0.2) is 35.7 Å². The van der Waals surface area contributed by atoms with Crippen LogP contribution in [-0.2, 0) is 6.54 Å². The Hall–Kier alpha value is -2.34. The largest absolute Gasteiger partial charge is 0.351 e. The summed E-state index contributed by atoms with van der Waals surface area (Å²) in [5.74, 6) is 0.00476.